The number of carbonyl (C=O) groups is 1. The van der Waals surface area contributed by atoms with E-state index in [1.807, 2.05) is 0 Å². The highest BCUT2D eigenvalue weighted by Crippen LogP contribution is 2.45. The molecule has 1 N–H and O–H groups in total. The maximum absolute atomic E-state index is 13.8. The summed E-state index contributed by atoms with van der Waals surface area (Å²) in [6.07, 6.45) is 1.89. The van der Waals surface area contributed by atoms with Gasteiger partial charge in [-0.15, -0.1) is 0 Å². The average Bonchev–Trinajstić information content (AvgIpc) is 2.11. The van der Waals surface area contributed by atoms with Gasteiger partial charge in [-0.3, -0.25) is 4.79 Å². The van der Waals surface area contributed by atoms with Crippen molar-refractivity contribution in [1.29, 1.82) is 0 Å². The SMILES string of the molecule is Cc1cc(F)c(C2(C(=O)O)CCC2)cc1Br. The highest BCUT2D eigenvalue weighted by molar-refractivity contribution is 9.10. The molecule has 2 nitrogen and oxygen atoms in total. The first-order chi connectivity index (χ1) is 7.47. The van der Waals surface area contributed by atoms with Crippen molar-refractivity contribution in [2.45, 2.75) is 31.6 Å². The highest BCUT2D eigenvalue weighted by Gasteiger charge is 2.47. The first-order valence-corrected chi connectivity index (χ1v) is 5.96. The van der Waals surface area contributed by atoms with Gasteiger partial charge < -0.3 is 5.11 Å². The number of hydrogen-bond donors (Lipinski definition) is 1. The summed E-state index contributed by atoms with van der Waals surface area (Å²) in [7, 11) is 0. The van der Waals surface area contributed by atoms with E-state index >= 15 is 0 Å². The van der Waals surface area contributed by atoms with Gasteiger partial charge in [0, 0.05) is 10.0 Å². The van der Waals surface area contributed by atoms with Gasteiger partial charge in [0.1, 0.15) is 5.82 Å². The van der Waals surface area contributed by atoms with Gasteiger partial charge in [-0.1, -0.05) is 22.4 Å². The molecular formula is C12H12BrFO2. The van der Waals surface area contributed by atoms with E-state index in [0.29, 0.717) is 18.4 Å². The third-order valence-electron chi connectivity index (χ3n) is 3.38. The van der Waals surface area contributed by atoms with Crippen LogP contribution in [0.3, 0.4) is 0 Å². The molecule has 1 aromatic rings. The lowest BCUT2D eigenvalue weighted by molar-refractivity contribution is -0.147. The molecule has 1 fully saturated rings. The van der Waals surface area contributed by atoms with Crippen LogP contribution in [-0.4, -0.2) is 11.1 Å². The molecule has 0 unspecified atom stereocenters. The van der Waals surface area contributed by atoms with Gasteiger partial charge in [-0.05, 0) is 37.5 Å². The van der Waals surface area contributed by atoms with Crippen molar-refractivity contribution >= 4 is 21.9 Å². The van der Waals surface area contributed by atoms with Gasteiger partial charge in [-0.2, -0.15) is 0 Å². The van der Waals surface area contributed by atoms with Gasteiger partial charge in [-0.25, -0.2) is 4.39 Å². The largest absolute Gasteiger partial charge is 0.481 e. The maximum Gasteiger partial charge on any atom is 0.314 e. The third kappa shape index (κ3) is 1.56. The number of rotatable bonds is 2. The zero-order valence-corrected chi connectivity index (χ0v) is 10.5. The molecule has 0 radical (unpaired) electrons. The van der Waals surface area contributed by atoms with Gasteiger partial charge in [0.25, 0.3) is 0 Å². The Kier molecular flexibility index (Phi) is 2.78. The second kappa shape index (κ2) is 3.84. The molecule has 0 amide bonds. The number of benzene rings is 1. The quantitative estimate of drug-likeness (QED) is 0.905. The molecule has 86 valence electrons. The Balaban J connectivity index is 2.55. The smallest absolute Gasteiger partial charge is 0.314 e. The summed E-state index contributed by atoms with van der Waals surface area (Å²) in [6.45, 7) is 1.78. The molecule has 0 bridgehead atoms. The van der Waals surface area contributed by atoms with Crippen LogP contribution in [0, 0.1) is 12.7 Å². The molecule has 4 heteroatoms. The summed E-state index contributed by atoms with van der Waals surface area (Å²) in [5.74, 6) is -1.34. The van der Waals surface area contributed by atoms with Crippen LogP contribution in [0.4, 0.5) is 4.39 Å². The fraction of sp³-hybridized carbons (Fsp3) is 0.417. The molecule has 1 aliphatic rings. The Morgan fingerprint density at radius 2 is 2.12 bits per heavy atom. The molecule has 0 atom stereocenters. The van der Waals surface area contributed by atoms with Gasteiger partial charge >= 0.3 is 5.97 Å². The van der Waals surface area contributed by atoms with Crippen molar-refractivity contribution in [3.05, 3.63) is 33.5 Å². The first kappa shape index (κ1) is 11.6. The molecule has 0 aliphatic heterocycles. The number of aryl methyl sites for hydroxylation is 1. The summed E-state index contributed by atoms with van der Waals surface area (Å²) < 4.78 is 14.6. The van der Waals surface area contributed by atoms with Crippen LogP contribution >= 0.6 is 15.9 Å². The van der Waals surface area contributed by atoms with Gasteiger partial charge in [0.2, 0.25) is 0 Å². The molecule has 1 saturated carbocycles. The van der Waals surface area contributed by atoms with Crippen LogP contribution in [-0.2, 0) is 10.2 Å². The lowest BCUT2D eigenvalue weighted by Gasteiger charge is -2.38. The molecule has 0 heterocycles. The lowest BCUT2D eigenvalue weighted by Crippen LogP contribution is -2.43. The number of aliphatic carboxylic acids is 1. The van der Waals surface area contributed by atoms with E-state index < -0.39 is 17.2 Å². The van der Waals surface area contributed by atoms with Crippen LogP contribution < -0.4 is 0 Å². The molecule has 0 saturated heterocycles. The van der Waals surface area contributed by atoms with E-state index in [-0.39, 0.29) is 0 Å². The van der Waals surface area contributed by atoms with E-state index in [9.17, 15) is 14.3 Å². The standard InChI is InChI=1S/C12H12BrFO2/c1-7-5-10(14)8(6-9(7)13)12(11(15)16)3-2-4-12/h5-6H,2-4H2,1H3,(H,15,16). The number of hydrogen-bond acceptors (Lipinski definition) is 1. The van der Waals surface area contributed by atoms with Crippen LogP contribution in [0.5, 0.6) is 0 Å². The monoisotopic (exact) mass is 286 g/mol. The first-order valence-electron chi connectivity index (χ1n) is 5.17. The van der Waals surface area contributed by atoms with Crippen LogP contribution in [0.15, 0.2) is 16.6 Å². The number of carboxylic acid groups (broad SMARTS) is 1. The lowest BCUT2D eigenvalue weighted by atomic mass is 9.64. The fourth-order valence-corrected chi connectivity index (χ4v) is 2.49. The topological polar surface area (TPSA) is 37.3 Å². The minimum absolute atomic E-state index is 0.309. The zero-order valence-electron chi connectivity index (χ0n) is 8.89. The molecule has 1 aromatic carbocycles. The second-order valence-corrected chi connectivity index (χ2v) is 5.18. The predicted octanol–water partition coefficient (Wildman–Crippen LogP) is 3.40. The summed E-state index contributed by atoms with van der Waals surface area (Å²) in [5, 5.41) is 9.24. The molecular weight excluding hydrogens is 275 g/mol. The Morgan fingerprint density at radius 1 is 1.50 bits per heavy atom. The van der Waals surface area contributed by atoms with Crippen molar-refractivity contribution in [2.24, 2.45) is 0 Å². The van der Waals surface area contributed by atoms with Gasteiger partial charge in [0.15, 0.2) is 0 Å². The van der Waals surface area contributed by atoms with E-state index in [1.165, 1.54) is 6.07 Å². The normalized spacial score (nSPS) is 17.9. The summed E-state index contributed by atoms with van der Waals surface area (Å²) >= 11 is 3.32. The average molecular weight is 287 g/mol. The van der Waals surface area contributed by atoms with E-state index in [4.69, 9.17) is 0 Å². The second-order valence-electron chi connectivity index (χ2n) is 4.32. The maximum atomic E-state index is 13.8. The van der Waals surface area contributed by atoms with Crippen LogP contribution in [0.1, 0.15) is 30.4 Å². The summed E-state index contributed by atoms with van der Waals surface area (Å²) in [5.41, 5.74) is 0.0881. The number of halogens is 2. The Bertz CT molecular complexity index is 453. The molecule has 0 aromatic heterocycles. The molecule has 2 rings (SSSR count). The third-order valence-corrected chi connectivity index (χ3v) is 4.23. The number of carboxylic acids is 1. The van der Waals surface area contributed by atoms with Crippen molar-refractivity contribution in [3.63, 3.8) is 0 Å². The minimum Gasteiger partial charge on any atom is -0.481 e. The Labute approximate surface area is 102 Å². The van der Waals surface area contributed by atoms with Crippen molar-refractivity contribution < 1.29 is 14.3 Å². The van der Waals surface area contributed by atoms with E-state index in [0.717, 1.165) is 16.5 Å². The van der Waals surface area contributed by atoms with Crippen molar-refractivity contribution in [3.8, 4) is 0 Å². The van der Waals surface area contributed by atoms with Gasteiger partial charge in [0.05, 0.1) is 5.41 Å². The molecule has 1 aliphatic carbocycles. The molecule has 0 spiro atoms. The molecule has 16 heavy (non-hydrogen) atoms. The minimum atomic E-state index is -1.000. The Hall–Kier alpha value is -0.900. The van der Waals surface area contributed by atoms with Crippen LogP contribution in [0.2, 0.25) is 0 Å². The summed E-state index contributed by atoms with van der Waals surface area (Å²) in [6, 6.07) is 3.00. The van der Waals surface area contributed by atoms with Crippen LogP contribution in [0.25, 0.3) is 0 Å². The predicted molar refractivity (Wildman–Crippen MR) is 62.0 cm³/mol. The summed E-state index contributed by atoms with van der Waals surface area (Å²) in [4.78, 5) is 11.3. The highest BCUT2D eigenvalue weighted by atomic mass is 79.9. The van der Waals surface area contributed by atoms with E-state index in [1.54, 1.807) is 13.0 Å². The van der Waals surface area contributed by atoms with E-state index in [2.05, 4.69) is 15.9 Å². The fourth-order valence-electron chi connectivity index (χ4n) is 2.14. The van der Waals surface area contributed by atoms with Crippen molar-refractivity contribution in [1.82, 2.24) is 0 Å². The zero-order chi connectivity index (χ0) is 11.9. The Morgan fingerprint density at radius 3 is 2.56 bits per heavy atom. The van der Waals surface area contributed by atoms with Crippen molar-refractivity contribution in [2.75, 3.05) is 0 Å².